The molecule has 4 rings (SSSR count). The van der Waals surface area contributed by atoms with Gasteiger partial charge in [0.1, 0.15) is 26.4 Å². The zero-order valence-corrected chi connectivity index (χ0v) is 18.9. The van der Waals surface area contributed by atoms with E-state index in [1.54, 1.807) is 36.4 Å². The van der Waals surface area contributed by atoms with Gasteiger partial charge in [-0.2, -0.15) is 0 Å². The summed E-state index contributed by atoms with van der Waals surface area (Å²) >= 11 is 0. The molecule has 0 fully saturated rings. The number of carbonyl (C=O) groups excluding carboxylic acids is 4. The number of nitrogens with one attached hydrogen (secondary N) is 2. The molecule has 0 unspecified atom stereocenters. The highest BCUT2D eigenvalue weighted by Gasteiger charge is 2.15. The molecular weight excluding hydrogens is 476 g/mol. The number of hydrogen-bond acceptors (Lipinski definition) is 10. The normalized spacial score (nSPS) is 13.4. The molecule has 0 aromatic heterocycles. The van der Waals surface area contributed by atoms with E-state index in [0.717, 1.165) is 12.2 Å². The summed E-state index contributed by atoms with van der Waals surface area (Å²) < 4.78 is 31.2. The van der Waals surface area contributed by atoms with Crippen LogP contribution in [0.3, 0.4) is 0 Å². The Morgan fingerprint density at radius 2 is 1.03 bits per heavy atom. The SMILES string of the molecule is O=C(COC(=O)C=CC(=O)OCC(=O)Nc1ccc2c(c1)OCCO2)Nc1ccc2c(c1)OCCO2. The minimum absolute atomic E-state index is 0.404. The van der Waals surface area contributed by atoms with E-state index in [9.17, 15) is 19.2 Å². The van der Waals surface area contributed by atoms with Gasteiger partial charge in [0.15, 0.2) is 36.2 Å². The van der Waals surface area contributed by atoms with Crippen molar-refractivity contribution < 1.29 is 47.6 Å². The second-order valence-electron chi connectivity index (χ2n) is 7.36. The van der Waals surface area contributed by atoms with Crippen LogP contribution in [-0.2, 0) is 28.7 Å². The Labute approximate surface area is 205 Å². The van der Waals surface area contributed by atoms with Crippen LogP contribution >= 0.6 is 0 Å². The maximum atomic E-state index is 12.0. The number of ether oxygens (including phenoxy) is 6. The average Bonchev–Trinajstić information content (AvgIpc) is 2.89. The van der Waals surface area contributed by atoms with Crippen molar-refractivity contribution in [1.29, 1.82) is 0 Å². The van der Waals surface area contributed by atoms with Crippen LogP contribution in [0.25, 0.3) is 0 Å². The lowest BCUT2D eigenvalue weighted by Crippen LogP contribution is -2.21. The molecule has 36 heavy (non-hydrogen) atoms. The first kappa shape index (κ1) is 24.4. The van der Waals surface area contributed by atoms with Crippen LogP contribution in [0.2, 0.25) is 0 Å². The second-order valence-corrected chi connectivity index (χ2v) is 7.36. The summed E-state index contributed by atoms with van der Waals surface area (Å²) in [7, 11) is 0. The van der Waals surface area contributed by atoms with Gasteiger partial charge in [-0.05, 0) is 24.3 Å². The highest BCUT2D eigenvalue weighted by molar-refractivity contribution is 5.97. The van der Waals surface area contributed by atoms with E-state index in [2.05, 4.69) is 10.6 Å². The molecule has 2 aliphatic rings. The van der Waals surface area contributed by atoms with E-state index in [-0.39, 0.29) is 0 Å². The predicted molar refractivity (Wildman–Crippen MR) is 123 cm³/mol. The number of hydrogen-bond donors (Lipinski definition) is 2. The molecule has 0 spiro atoms. The van der Waals surface area contributed by atoms with E-state index >= 15 is 0 Å². The Balaban J connectivity index is 1.14. The lowest BCUT2D eigenvalue weighted by molar-refractivity contribution is -0.144. The molecule has 2 aromatic rings. The quantitative estimate of drug-likeness (QED) is 0.405. The number of carbonyl (C=O) groups is 4. The second kappa shape index (κ2) is 11.6. The van der Waals surface area contributed by atoms with E-state index in [1.807, 2.05) is 0 Å². The topological polar surface area (TPSA) is 148 Å². The lowest BCUT2D eigenvalue weighted by Gasteiger charge is -2.19. The maximum Gasteiger partial charge on any atom is 0.331 e. The zero-order chi connectivity index (χ0) is 25.3. The van der Waals surface area contributed by atoms with Crippen LogP contribution < -0.4 is 29.6 Å². The highest BCUT2D eigenvalue weighted by Crippen LogP contribution is 2.33. The maximum absolute atomic E-state index is 12.0. The van der Waals surface area contributed by atoms with Crippen molar-refractivity contribution in [1.82, 2.24) is 0 Å². The van der Waals surface area contributed by atoms with Crippen molar-refractivity contribution in [2.24, 2.45) is 0 Å². The predicted octanol–water partition coefficient (Wildman–Crippen LogP) is 1.45. The van der Waals surface area contributed by atoms with Gasteiger partial charge >= 0.3 is 11.9 Å². The minimum Gasteiger partial charge on any atom is -0.486 e. The van der Waals surface area contributed by atoms with Gasteiger partial charge in [0, 0.05) is 35.7 Å². The van der Waals surface area contributed by atoms with Gasteiger partial charge in [-0.1, -0.05) is 0 Å². The Kier molecular flexibility index (Phi) is 7.86. The van der Waals surface area contributed by atoms with Gasteiger partial charge in [-0.25, -0.2) is 9.59 Å². The molecular formula is C24H22N2O10. The largest absolute Gasteiger partial charge is 0.486 e. The fourth-order valence-corrected chi connectivity index (χ4v) is 3.14. The molecule has 12 heteroatoms. The molecule has 2 amide bonds. The molecule has 0 atom stereocenters. The first-order chi connectivity index (χ1) is 17.5. The van der Waals surface area contributed by atoms with E-state index < -0.39 is 37.0 Å². The number of benzene rings is 2. The third-order valence-corrected chi connectivity index (χ3v) is 4.70. The van der Waals surface area contributed by atoms with Crippen LogP contribution in [0.1, 0.15) is 0 Å². The molecule has 0 radical (unpaired) electrons. The number of esters is 2. The molecule has 2 N–H and O–H groups in total. The Hall–Kier alpha value is -4.74. The van der Waals surface area contributed by atoms with Crippen LogP contribution in [0.5, 0.6) is 23.0 Å². The molecule has 2 aliphatic heterocycles. The molecule has 2 aromatic carbocycles. The van der Waals surface area contributed by atoms with Crippen molar-refractivity contribution in [3.63, 3.8) is 0 Å². The first-order valence-corrected chi connectivity index (χ1v) is 10.9. The zero-order valence-electron chi connectivity index (χ0n) is 18.9. The van der Waals surface area contributed by atoms with Gasteiger partial charge in [0.2, 0.25) is 0 Å². The highest BCUT2D eigenvalue weighted by atomic mass is 16.6. The van der Waals surface area contributed by atoms with Crippen molar-refractivity contribution in [3.8, 4) is 23.0 Å². The summed E-state index contributed by atoms with van der Waals surface area (Å²) in [6.07, 6.45) is 1.58. The van der Waals surface area contributed by atoms with Gasteiger partial charge in [0.05, 0.1) is 0 Å². The third-order valence-electron chi connectivity index (χ3n) is 4.70. The van der Waals surface area contributed by atoms with Crippen LogP contribution in [0.15, 0.2) is 48.6 Å². The molecule has 0 saturated carbocycles. The van der Waals surface area contributed by atoms with Gasteiger partial charge < -0.3 is 39.1 Å². The van der Waals surface area contributed by atoms with E-state index in [4.69, 9.17) is 28.4 Å². The summed E-state index contributed by atoms with van der Waals surface area (Å²) in [5.41, 5.74) is 0.878. The summed E-state index contributed by atoms with van der Waals surface area (Å²) in [6, 6.07) is 9.73. The molecule has 0 bridgehead atoms. The summed E-state index contributed by atoms with van der Waals surface area (Å²) in [4.78, 5) is 47.5. The van der Waals surface area contributed by atoms with Gasteiger partial charge in [0.25, 0.3) is 11.8 Å². The fraction of sp³-hybridized carbons (Fsp3) is 0.250. The van der Waals surface area contributed by atoms with Crippen molar-refractivity contribution in [3.05, 3.63) is 48.6 Å². The van der Waals surface area contributed by atoms with Crippen molar-refractivity contribution in [2.75, 3.05) is 50.3 Å². The average molecular weight is 498 g/mol. The first-order valence-electron chi connectivity index (χ1n) is 10.9. The third kappa shape index (κ3) is 6.88. The fourth-order valence-electron chi connectivity index (χ4n) is 3.14. The molecule has 12 nitrogen and oxygen atoms in total. The Morgan fingerprint density at radius 1 is 0.639 bits per heavy atom. The van der Waals surface area contributed by atoms with Gasteiger partial charge in [-0.3, -0.25) is 9.59 Å². The summed E-state index contributed by atoms with van der Waals surface area (Å²) in [5.74, 6) is -0.921. The molecule has 188 valence electrons. The molecule has 0 saturated heterocycles. The van der Waals surface area contributed by atoms with Gasteiger partial charge in [-0.15, -0.1) is 0 Å². The number of rotatable bonds is 8. The van der Waals surface area contributed by atoms with Crippen LogP contribution in [-0.4, -0.2) is 63.4 Å². The number of anilines is 2. The monoisotopic (exact) mass is 498 g/mol. The summed E-state index contributed by atoms with van der Waals surface area (Å²) in [5, 5.41) is 5.11. The minimum atomic E-state index is -0.940. The van der Waals surface area contributed by atoms with Crippen molar-refractivity contribution in [2.45, 2.75) is 0 Å². The van der Waals surface area contributed by atoms with Crippen molar-refractivity contribution >= 4 is 35.1 Å². The number of fused-ring (bicyclic) bond motifs is 2. The molecule has 2 heterocycles. The van der Waals surface area contributed by atoms with Crippen LogP contribution in [0, 0.1) is 0 Å². The number of amides is 2. The van der Waals surface area contributed by atoms with Crippen LogP contribution in [0.4, 0.5) is 11.4 Å². The standard InChI is InChI=1S/C24H22N2O10/c27-21(25-15-1-3-17-19(11-15)33-9-7-31-17)13-35-23(29)5-6-24(30)36-14-22(28)26-16-2-4-18-20(12-16)34-10-8-32-18/h1-6,11-12H,7-10,13-14H2,(H,25,27)(H,26,28). The van der Waals surface area contributed by atoms with E-state index in [1.165, 1.54) is 0 Å². The Morgan fingerprint density at radius 3 is 1.44 bits per heavy atom. The van der Waals surface area contributed by atoms with E-state index in [0.29, 0.717) is 60.8 Å². The molecule has 0 aliphatic carbocycles. The smallest absolute Gasteiger partial charge is 0.331 e. The lowest BCUT2D eigenvalue weighted by atomic mass is 10.2. The Bertz CT molecular complexity index is 1100. The summed E-state index contributed by atoms with van der Waals surface area (Å²) in [6.45, 7) is 0.548.